The highest BCUT2D eigenvalue weighted by Crippen LogP contribution is 2.23. The van der Waals surface area contributed by atoms with E-state index in [0.717, 1.165) is 12.1 Å². The van der Waals surface area contributed by atoms with E-state index in [4.69, 9.17) is 0 Å². The summed E-state index contributed by atoms with van der Waals surface area (Å²) >= 11 is 0. The van der Waals surface area contributed by atoms with E-state index in [9.17, 15) is 5.11 Å². The zero-order chi connectivity index (χ0) is 15.2. The van der Waals surface area contributed by atoms with Crippen LogP contribution in [0.4, 0.5) is 0 Å². The Bertz CT molecular complexity index is 438. The Hall–Kier alpha value is -0.820. The summed E-state index contributed by atoms with van der Waals surface area (Å²) in [5.41, 5.74) is 2.32. The van der Waals surface area contributed by atoms with Crippen molar-refractivity contribution in [2.45, 2.75) is 39.2 Å². The summed E-state index contributed by atoms with van der Waals surface area (Å²) in [6.07, 6.45) is -0.542. The lowest BCUT2D eigenvalue weighted by Gasteiger charge is -2.20. The summed E-state index contributed by atoms with van der Waals surface area (Å²) in [5.74, 6) is 0.706. The van der Waals surface area contributed by atoms with Crippen LogP contribution >= 0.6 is 24.0 Å². The second-order valence-electron chi connectivity index (χ2n) is 5.87. The van der Waals surface area contributed by atoms with Gasteiger partial charge in [-0.05, 0) is 23.5 Å². The lowest BCUT2D eigenvalue weighted by atomic mass is 9.86. The van der Waals surface area contributed by atoms with Crippen LogP contribution in [0.5, 0.6) is 0 Å². The minimum Gasteiger partial charge on any atom is -0.387 e. The molecule has 0 aliphatic carbocycles. The van der Waals surface area contributed by atoms with Crippen molar-refractivity contribution in [3.8, 4) is 0 Å². The fourth-order valence-corrected chi connectivity index (χ4v) is 1.90. The number of aliphatic hydroxyl groups excluding tert-OH is 1. The van der Waals surface area contributed by atoms with Gasteiger partial charge in [-0.25, -0.2) is 0 Å². The molecule has 3 N–H and O–H groups in total. The Morgan fingerprint density at radius 2 is 1.76 bits per heavy atom. The van der Waals surface area contributed by atoms with Gasteiger partial charge in [-0.15, -0.1) is 24.0 Å². The molecule has 0 saturated heterocycles. The first-order chi connectivity index (χ1) is 9.38. The number of aliphatic imine (C=N–C) groups is 1. The molecule has 1 unspecified atom stereocenters. The van der Waals surface area contributed by atoms with Gasteiger partial charge in [0.25, 0.3) is 0 Å². The Morgan fingerprint density at radius 3 is 2.19 bits per heavy atom. The molecule has 0 radical (unpaired) electrons. The van der Waals surface area contributed by atoms with Crippen molar-refractivity contribution < 1.29 is 5.11 Å². The van der Waals surface area contributed by atoms with Crippen LogP contribution in [0.2, 0.25) is 0 Å². The SMILES string of the molecule is CCNC(=NC)NCC(O)c1ccc(C(C)(C)C)cc1.I. The van der Waals surface area contributed by atoms with Gasteiger partial charge in [-0.1, -0.05) is 45.0 Å². The molecule has 0 saturated carbocycles. The standard InChI is InChI=1S/C16H27N3O.HI/c1-6-18-15(17-5)19-11-14(20)12-7-9-13(10-8-12)16(2,3)4;/h7-10,14,20H,6,11H2,1-5H3,(H2,17,18,19);1H. The van der Waals surface area contributed by atoms with Gasteiger partial charge < -0.3 is 15.7 Å². The summed E-state index contributed by atoms with van der Waals surface area (Å²) in [6.45, 7) is 9.79. The van der Waals surface area contributed by atoms with Crippen molar-refractivity contribution in [1.82, 2.24) is 10.6 Å². The Morgan fingerprint density at radius 1 is 1.19 bits per heavy atom. The molecule has 120 valence electrons. The average Bonchev–Trinajstić information content (AvgIpc) is 2.42. The number of nitrogens with zero attached hydrogens (tertiary/aromatic N) is 1. The van der Waals surface area contributed by atoms with Crippen LogP contribution in [0.1, 0.15) is 44.9 Å². The predicted molar refractivity (Wildman–Crippen MR) is 101 cm³/mol. The number of aliphatic hydroxyl groups is 1. The third-order valence-electron chi connectivity index (χ3n) is 3.19. The molecule has 0 heterocycles. The number of hydrogen-bond donors (Lipinski definition) is 3. The lowest BCUT2D eigenvalue weighted by molar-refractivity contribution is 0.181. The van der Waals surface area contributed by atoms with Crippen LogP contribution in [0.15, 0.2) is 29.3 Å². The summed E-state index contributed by atoms with van der Waals surface area (Å²) in [5, 5.41) is 16.4. The molecular weight excluding hydrogens is 377 g/mol. The van der Waals surface area contributed by atoms with E-state index < -0.39 is 6.10 Å². The first kappa shape index (κ1) is 20.2. The molecule has 0 spiro atoms. The Kier molecular flexibility index (Phi) is 8.89. The average molecular weight is 405 g/mol. The van der Waals surface area contributed by atoms with E-state index in [-0.39, 0.29) is 29.4 Å². The molecule has 4 nitrogen and oxygen atoms in total. The highest BCUT2D eigenvalue weighted by Gasteiger charge is 2.14. The molecule has 0 aromatic heterocycles. The number of halogens is 1. The van der Waals surface area contributed by atoms with Crippen molar-refractivity contribution in [1.29, 1.82) is 0 Å². The normalized spacial score (nSPS) is 13.3. The van der Waals surface area contributed by atoms with Crippen LogP contribution in [-0.4, -0.2) is 31.2 Å². The van der Waals surface area contributed by atoms with Crippen LogP contribution in [0.3, 0.4) is 0 Å². The van der Waals surface area contributed by atoms with Gasteiger partial charge in [0, 0.05) is 20.1 Å². The molecule has 0 bridgehead atoms. The summed E-state index contributed by atoms with van der Waals surface area (Å²) < 4.78 is 0. The highest BCUT2D eigenvalue weighted by molar-refractivity contribution is 14.0. The van der Waals surface area contributed by atoms with Gasteiger partial charge in [0.1, 0.15) is 0 Å². The summed E-state index contributed by atoms with van der Waals surface area (Å²) in [6, 6.07) is 8.14. The second kappa shape index (κ2) is 9.25. The van der Waals surface area contributed by atoms with Crippen molar-refractivity contribution >= 4 is 29.9 Å². The molecule has 1 aromatic carbocycles. The molecule has 0 aliphatic rings. The highest BCUT2D eigenvalue weighted by atomic mass is 127. The van der Waals surface area contributed by atoms with Crippen LogP contribution in [-0.2, 0) is 5.41 Å². The molecule has 1 aromatic rings. The lowest BCUT2D eigenvalue weighted by Crippen LogP contribution is -2.39. The van der Waals surface area contributed by atoms with Gasteiger partial charge in [0.05, 0.1) is 6.10 Å². The number of hydrogen-bond acceptors (Lipinski definition) is 2. The monoisotopic (exact) mass is 405 g/mol. The Labute approximate surface area is 145 Å². The summed E-state index contributed by atoms with van der Waals surface area (Å²) in [7, 11) is 1.72. The van der Waals surface area contributed by atoms with Crippen molar-refractivity contribution in [3.05, 3.63) is 35.4 Å². The molecule has 0 amide bonds. The molecule has 1 rings (SSSR count). The quantitative estimate of drug-likeness (QED) is 0.410. The van der Waals surface area contributed by atoms with Gasteiger partial charge in [0.2, 0.25) is 0 Å². The van der Waals surface area contributed by atoms with E-state index in [2.05, 4.69) is 48.5 Å². The van der Waals surface area contributed by atoms with E-state index >= 15 is 0 Å². The van der Waals surface area contributed by atoms with E-state index in [0.29, 0.717) is 12.5 Å². The molecule has 5 heteroatoms. The predicted octanol–water partition coefficient (Wildman–Crippen LogP) is 2.82. The van der Waals surface area contributed by atoms with E-state index in [1.165, 1.54) is 5.56 Å². The third kappa shape index (κ3) is 6.65. The van der Waals surface area contributed by atoms with Gasteiger partial charge in [0.15, 0.2) is 5.96 Å². The van der Waals surface area contributed by atoms with E-state index in [1.807, 2.05) is 19.1 Å². The Balaban J connectivity index is 0.00000400. The number of nitrogens with one attached hydrogen (secondary N) is 2. The largest absolute Gasteiger partial charge is 0.387 e. The zero-order valence-electron chi connectivity index (χ0n) is 13.6. The minimum atomic E-state index is -0.542. The van der Waals surface area contributed by atoms with Crippen molar-refractivity contribution in [2.24, 2.45) is 4.99 Å². The first-order valence-corrected chi connectivity index (χ1v) is 7.11. The number of rotatable bonds is 4. The number of guanidine groups is 1. The van der Waals surface area contributed by atoms with E-state index in [1.54, 1.807) is 7.05 Å². The molecule has 0 fully saturated rings. The maximum absolute atomic E-state index is 10.2. The number of benzene rings is 1. The van der Waals surface area contributed by atoms with Gasteiger partial charge in [-0.3, -0.25) is 4.99 Å². The second-order valence-corrected chi connectivity index (χ2v) is 5.87. The van der Waals surface area contributed by atoms with Crippen molar-refractivity contribution in [2.75, 3.05) is 20.1 Å². The van der Waals surface area contributed by atoms with Gasteiger partial charge in [-0.2, -0.15) is 0 Å². The van der Waals surface area contributed by atoms with Crippen molar-refractivity contribution in [3.63, 3.8) is 0 Å². The third-order valence-corrected chi connectivity index (χ3v) is 3.19. The minimum absolute atomic E-state index is 0. The zero-order valence-corrected chi connectivity index (χ0v) is 15.9. The topological polar surface area (TPSA) is 56.7 Å². The summed E-state index contributed by atoms with van der Waals surface area (Å²) in [4.78, 5) is 4.07. The maximum atomic E-state index is 10.2. The fourth-order valence-electron chi connectivity index (χ4n) is 1.90. The smallest absolute Gasteiger partial charge is 0.191 e. The molecular formula is C16H28IN3O. The first-order valence-electron chi connectivity index (χ1n) is 7.11. The molecule has 1 atom stereocenters. The van der Waals surface area contributed by atoms with Crippen LogP contribution in [0, 0.1) is 0 Å². The molecule has 21 heavy (non-hydrogen) atoms. The maximum Gasteiger partial charge on any atom is 0.191 e. The van der Waals surface area contributed by atoms with Gasteiger partial charge >= 0.3 is 0 Å². The fraction of sp³-hybridized carbons (Fsp3) is 0.562. The van der Waals surface area contributed by atoms with Crippen LogP contribution < -0.4 is 10.6 Å². The van der Waals surface area contributed by atoms with Crippen LogP contribution in [0.25, 0.3) is 0 Å². The molecule has 0 aliphatic heterocycles.